The number of carbonyl (C=O) groups is 12. The van der Waals surface area contributed by atoms with Gasteiger partial charge < -0.3 is 85.5 Å². The number of nitrogens with zero attached hydrogens (tertiary/aromatic N) is 1. The average Bonchev–Trinajstić information content (AvgIpc) is 3.01. The second-order valence-corrected chi connectivity index (χ2v) is 23.5. The van der Waals surface area contributed by atoms with Gasteiger partial charge in [0.05, 0.1) is 31.2 Å². The number of guanidine groups is 1. The van der Waals surface area contributed by atoms with Crippen molar-refractivity contribution in [2.24, 2.45) is 23.1 Å². The topological polar surface area (TPSA) is 483 Å². The molecule has 0 aliphatic carbocycles. The fraction of sp³-hybridized carbons (Fsp3) is 0.611. The van der Waals surface area contributed by atoms with E-state index in [4.69, 9.17) is 22.6 Å². The van der Waals surface area contributed by atoms with Crippen molar-refractivity contribution in [1.82, 2.24) is 61.6 Å². The van der Waals surface area contributed by atoms with Crippen LogP contribution in [0, 0.1) is 11.3 Å². The van der Waals surface area contributed by atoms with Gasteiger partial charge in [-0.3, -0.25) is 62.9 Å². The Kier molecular flexibility index (Phi) is 35.0. The molecule has 1 aromatic carbocycles. The molecule has 0 spiro atoms. The predicted octanol–water partition coefficient (Wildman–Crippen LogP) is -4.35. The van der Waals surface area contributed by atoms with Crippen LogP contribution in [0.1, 0.15) is 85.1 Å². The summed E-state index contributed by atoms with van der Waals surface area (Å²) in [5.41, 5.74) is 16.6. The smallest absolute Gasteiger partial charge is 0.245 e. The second-order valence-electron chi connectivity index (χ2n) is 20.8. The highest BCUT2D eigenvalue weighted by Crippen LogP contribution is 2.20. The molecule has 1 heterocycles. The third-order valence-electron chi connectivity index (χ3n) is 13.7. The zero-order valence-electron chi connectivity index (χ0n) is 49.7. The van der Waals surface area contributed by atoms with E-state index in [9.17, 15) is 67.7 Å². The quantitative estimate of drug-likeness (QED) is 0.00737. The molecule has 20 N–H and O–H groups in total. The van der Waals surface area contributed by atoms with Gasteiger partial charge >= 0.3 is 0 Å². The molecule has 33 heteroatoms. The number of nitrogens with two attached hydrogens (primary N) is 3. The van der Waals surface area contributed by atoms with Crippen LogP contribution in [0.3, 0.4) is 0 Å². The van der Waals surface area contributed by atoms with Crippen molar-refractivity contribution in [3.63, 3.8) is 0 Å². The molecule has 0 bridgehead atoms. The monoisotopic (exact) mass is 1370 g/mol. The Bertz CT molecular complexity index is 2540. The lowest BCUT2D eigenvalue weighted by Crippen LogP contribution is -2.63. The molecule has 13 unspecified atom stereocenters. The summed E-state index contributed by atoms with van der Waals surface area (Å²) in [6, 6.07) is -4.46. The number of nitrogens with one attached hydrogen (secondary N) is 12. The number of primary amides is 2. The molecule has 13 atom stereocenters. The van der Waals surface area contributed by atoms with E-state index in [-0.39, 0.29) is 49.8 Å². The fourth-order valence-electron chi connectivity index (χ4n) is 8.70. The predicted molar refractivity (Wildman–Crippen MR) is 335 cm³/mol. The number of amides is 12. The van der Waals surface area contributed by atoms with E-state index in [1.165, 1.54) is 22.7 Å². The second kappa shape index (κ2) is 39.9. The van der Waals surface area contributed by atoms with Crippen molar-refractivity contribution in [1.29, 1.82) is 5.41 Å². The van der Waals surface area contributed by atoms with Crippen LogP contribution < -0.4 is 73.9 Å². The molecule has 12 amide bonds. The summed E-state index contributed by atoms with van der Waals surface area (Å²) in [5.74, 6) is -10.8. The first-order chi connectivity index (χ1) is 41.1. The highest BCUT2D eigenvalue weighted by Gasteiger charge is 2.40. The van der Waals surface area contributed by atoms with Crippen molar-refractivity contribution in [2.75, 3.05) is 43.1 Å². The minimum Gasteiger partial charge on any atom is -0.391 e. The first kappa shape index (κ1) is 76.3. The summed E-state index contributed by atoms with van der Waals surface area (Å²) >= 11 is 4.36. The van der Waals surface area contributed by atoms with Crippen LogP contribution >= 0.6 is 46.4 Å². The summed E-state index contributed by atoms with van der Waals surface area (Å²) in [6.07, 6.45) is 0.755. The van der Waals surface area contributed by atoms with Crippen LogP contribution in [0.4, 0.5) is 0 Å². The number of aliphatic hydroxyl groups excluding tert-OH is 2. The van der Waals surface area contributed by atoms with Gasteiger partial charge in [0, 0.05) is 53.9 Å². The van der Waals surface area contributed by atoms with E-state index >= 15 is 0 Å². The maximum Gasteiger partial charge on any atom is 0.245 e. The lowest BCUT2D eigenvalue weighted by molar-refractivity contribution is -0.140. The zero-order valence-corrected chi connectivity index (χ0v) is 53.5. The van der Waals surface area contributed by atoms with Crippen LogP contribution in [0.2, 0.25) is 0 Å². The van der Waals surface area contributed by atoms with Crippen LogP contribution in [0.5, 0.6) is 0 Å². The van der Waals surface area contributed by atoms with Gasteiger partial charge in [0.1, 0.15) is 54.4 Å². The van der Waals surface area contributed by atoms with E-state index in [1.54, 1.807) is 57.4 Å². The number of likely N-dealkylation sites (tertiary alicyclic amines) is 1. The van der Waals surface area contributed by atoms with Gasteiger partial charge in [-0.15, -0.1) is 6.58 Å². The number of hydrogen-bond acceptors (Lipinski definition) is 18. The molecule has 0 radical (unpaired) electrons. The lowest BCUT2D eigenvalue weighted by Gasteiger charge is -2.29. The SMILES string of the molecule is C=CCSCC(NC(=O)C(NC(=O)CNC(=O)C(CCSC)NC(=O)C(CCCNC(=N)N)NC(=O)C(Cc1ccccc1)NC(=O)C1CCCN1C(=O)C(C)NI)C(C)CC)C(=O)NC(C(=O)NC(C(=O)NC(CC(N)=O)C(N)=O)C(C)O)C(C)O. The summed E-state index contributed by atoms with van der Waals surface area (Å²) < 4.78 is 2.86. The maximum atomic E-state index is 14.4. The molecule has 2 rings (SSSR count). The maximum absolute atomic E-state index is 14.4. The van der Waals surface area contributed by atoms with Gasteiger partial charge in [-0.05, 0) is 76.4 Å². The van der Waals surface area contributed by atoms with Crippen molar-refractivity contribution in [3.8, 4) is 0 Å². The summed E-state index contributed by atoms with van der Waals surface area (Å²) in [6.45, 7) is 10.7. The highest BCUT2D eigenvalue weighted by atomic mass is 127. The van der Waals surface area contributed by atoms with E-state index in [0.29, 0.717) is 42.9 Å². The molecule has 486 valence electrons. The van der Waals surface area contributed by atoms with Crippen LogP contribution in [-0.4, -0.2) is 208 Å². The van der Waals surface area contributed by atoms with Gasteiger partial charge in [0.25, 0.3) is 0 Å². The number of rotatable bonds is 40. The third kappa shape index (κ3) is 27.0. The largest absolute Gasteiger partial charge is 0.391 e. The minimum absolute atomic E-state index is 0.00424. The van der Waals surface area contributed by atoms with Crippen molar-refractivity contribution in [3.05, 3.63) is 48.6 Å². The first-order valence-corrected chi connectivity index (χ1v) is 31.8. The Hall–Kier alpha value is -6.82. The number of aliphatic hydroxyl groups is 2. The van der Waals surface area contributed by atoms with Gasteiger partial charge in [-0.25, -0.2) is 3.53 Å². The van der Waals surface area contributed by atoms with E-state index in [2.05, 4.69) is 63.3 Å². The third-order valence-corrected chi connectivity index (χ3v) is 16.3. The zero-order chi connectivity index (χ0) is 65.5. The molecule has 1 saturated heterocycles. The van der Waals surface area contributed by atoms with Crippen LogP contribution in [-0.2, 0) is 64.0 Å². The van der Waals surface area contributed by atoms with Gasteiger partial charge in [0.2, 0.25) is 70.9 Å². The number of carbonyl (C=O) groups excluding carboxylic acids is 12. The van der Waals surface area contributed by atoms with Crippen LogP contribution in [0.15, 0.2) is 43.0 Å². The van der Waals surface area contributed by atoms with E-state index in [0.717, 1.165) is 25.6 Å². The Labute approximate surface area is 528 Å². The van der Waals surface area contributed by atoms with E-state index in [1.807, 2.05) is 22.9 Å². The Morgan fingerprint density at radius 2 is 1.28 bits per heavy atom. The number of thioether (sulfide) groups is 2. The molecule has 87 heavy (non-hydrogen) atoms. The molecular weight excluding hydrogens is 1290 g/mol. The number of hydrogen-bond donors (Lipinski definition) is 17. The van der Waals surface area contributed by atoms with Gasteiger partial charge in [-0.1, -0.05) is 56.7 Å². The molecule has 30 nitrogen and oxygen atoms in total. The molecule has 1 aliphatic heterocycles. The minimum atomic E-state index is -1.82. The fourth-order valence-corrected chi connectivity index (χ4v) is 10.2. The van der Waals surface area contributed by atoms with Crippen molar-refractivity contribution in [2.45, 2.75) is 159 Å². The Morgan fingerprint density at radius 3 is 1.83 bits per heavy atom. The molecule has 1 aliphatic rings. The molecule has 0 saturated carbocycles. The van der Waals surface area contributed by atoms with Gasteiger partial charge in [-0.2, -0.15) is 23.5 Å². The highest BCUT2D eigenvalue weighted by molar-refractivity contribution is 14.1. The number of benzene rings is 1. The lowest BCUT2D eigenvalue weighted by atomic mass is 9.98. The van der Waals surface area contributed by atoms with Gasteiger partial charge in [0.15, 0.2) is 5.96 Å². The Balaban J connectivity index is 2.35. The van der Waals surface area contributed by atoms with Crippen molar-refractivity contribution >= 4 is 123 Å². The average molecular weight is 1380 g/mol. The summed E-state index contributed by atoms with van der Waals surface area (Å²) in [5, 5.41) is 53.9. The van der Waals surface area contributed by atoms with E-state index < -0.39 is 156 Å². The molecule has 1 aromatic rings. The number of halogens is 1. The standard InChI is InChI=1S/C54H87IN16O14S2/c1-8-22-87-27-37(48(80)68-43(31(6)73)52(84)69-42(30(5)72)51(83)64-35(44(57)76)25-39(56)74)66-50(82)41(28(3)9-2)67-40(75)26-61-45(77)34(19-23-86-7)63-46(78)33(17-13-20-60-54(58)59)62-47(79)36(24-32-15-11-10-12-16-32)65-49(81)38-18-14-21-71(38)53(85)29(4)70-55/h8,10-12,15-16,28-31,33-38,41-43,70,72-73H,1,9,13-14,17-27H2,2-7H3,(H2,56,74)(H2,57,76)(H,61,77)(H,62,79)(H,63,78)(H,64,83)(H,65,81)(H,66,82)(H,67,75)(H,68,80)(H,69,84)(H4,58,59,60). The molecule has 0 aromatic heterocycles. The first-order valence-electron chi connectivity index (χ1n) is 28.2. The molecular formula is C54H87IN16O14S2. The van der Waals surface area contributed by atoms with Crippen LogP contribution in [0.25, 0.3) is 0 Å². The van der Waals surface area contributed by atoms with Crippen molar-refractivity contribution < 1.29 is 67.7 Å². The summed E-state index contributed by atoms with van der Waals surface area (Å²) in [7, 11) is 0. The summed E-state index contributed by atoms with van der Waals surface area (Å²) in [4.78, 5) is 163. The normalized spacial score (nSPS) is 16.9. The molecule has 1 fully saturated rings. The Morgan fingerprint density at radius 1 is 0.724 bits per heavy atom.